The van der Waals surface area contributed by atoms with E-state index in [1.807, 2.05) is 55.6 Å². The second-order valence-corrected chi connectivity index (χ2v) is 8.71. The summed E-state index contributed by atoms with van der Waals surface area (Å²) in [4.78, 5) is 18.6. The lowest BCUT2D eigenvalue weighted by Crippen LogP contribution is -2.59. The van der Waals surface area contributed by atoms with Gasteiger partial charge in [0.05, 0.1) is 29.0 Å². The molecule has 0 bridgehead atoms. The third-order valence-corrected chi connectivity index (χ3v) is 6.02. The number of nitrogens with zero attached hydrogens (tertiary/aromatic N) is 6. The van der Waals surface area contributed by atoms with Crippen LogP contribution in [0.4, 0.5) is 11.5 Å². The number of hydrogen-bond acceptors (Lipinski definition) is 5. The van der Waals surface area contributed by atoms with Crippen molar-refractivity contribution < 1.29 is 0 Å². The molecule has 1 saturated heterocycles. The normalized spacial score (nSPS) is 17.0. The van der Waals surface area contributed by atoms with Crippen molar-refractivity contribution in [1.82, 2.24) is 20.2 Å². The summed E-state index contributed by atoms with van der Waals surface area (Å²) in [6.07, 6.45) is 3.88. The standard InChI is InChI=1S/C24H26ClN7/c1-16(2)22-14-31(23-13-27-20-9-8-18(25)12-21(20)29-23)10-11-32(22)24(28-15-26)30-19-7-5-4-6-17(19)3/h4-9,12-13,16,22H,10-11,14H2,1-3H3,(H,28,30). The molecule has 0 amide bonds. The van der Waals surface area contributed by atoms with Crippen LogP contribution in [0.25, 0.3) is 11.0 Å². The summed E-state index contributed by atoms with van der Waals surface area (Å²) in [7, 11) is 0. The molecular weight excluding hydrogens is 422 g/mol. The van der Waals surface area contributed by atoms with Crippen molar-refractivity contribution in [3.05, 3.63) is 59.2 Å². The lowest BCUT2D eigenvalue weighted by molar-refractivity contribution is 0.220. The van der Waals surface area contributed by atoms with E-state index in [1.165, 1.54) is 0 Å². The van der Waals surface area contributed by atoms with Gasteiger partial charge in [-0.25, -0.2) is 9.98 Å². The monoisotopic (exact) mass is 447 g/mol. The van der Waals surface area contributed by atoms with Crippen LogP contribution in [-0.4, -0.2) is 46.5 Å². The van der Waals surface area contributed by atoms with Gasteiger partial charge in [0.15, 0.2) is 6.19 Å². The van der Waals surface area contributed by atoms with Gasteiger partial charge in [0.1, 0.15) is 5.82 Å². The largest absolute Gasteiger partial charge is 0.351 e. The molecule has 4 rings (SSSR count). The summed E-state index contributed by atoms with van der Waals surface area (Å²) in [5.41, 5.74) is 3.52. The van der Waals surface area contributed by atoms with Crippen molar-refractivity contribution in [2.45, 2.75) is 26.8 Å². The van der Waals surface area contributed by atoms with E-state index in [2.05, 4.69) is 40.1 Å². The maximum atomic E-state index is 9.38. The van der Waals surface area contributed by atoms with E-state index in [4.69, 9.17) is 21.6 Å². The van der Waals surface area contributed by atoms with Crippen molar-refractivity contribution in [3.8, 4) is 6.19 Å². The smallest absolute Gasteiger partial charge is 0.212 e. The Labute approximate surface area is 193 Å². The number of fused-ring (bicyclic) bond motifs is 1. The molecule has 1 N–H and O–H groups in total. The van der Waals surface area contributed by atoms with Crippen molar-refractivity contribution in [2.24, 2.45) is 10.9 Å². The Kier molecular flexibility index (Phi) is 6.42. The first-order chi connectivity index (χ1) is 15.5. The zero-order valence-electron chi connectivity index (χ0n) is 18.5. The number of aromatic nitrogens is 2. The molecule has 2 heterocycles. The fraction of sp³-hybridized carbons (Fsp3) is 0.333. The molecule has 8 heteroatoms. The zero-order valence-corrected chi connectivity index (χ0v) is 19.2. The molecule has 2 aromatic carbocycles. The Bertz CT molecular complexity index is 1180. The summed E-state index contributed by atoms with van der Waals surface area (Å²) in [5, 5.41) is 12.8. The van der Waals surface area contributed by atoms with E-state index in [1.54, 1.807) is 0 Å². The third kappa shape index (κ3) is 4.61. The van der Waals surface area contributed by atoms with Gasteiger partial charge in [-0.05, 0) is 42.7 Å². The molecule has 0 aliphatic carbocycles. The highest BCUT2D eigenvalue weighted by Gasteiger charge is 2.32. The van der Waals surface area contributed by atoms with Gasteiger partial charge in [0, 0.05) is 24.7 Å². The van der Waals surface area contributed by atoms with E-state index < -0.39 is 0 Å². The molecule has 0 radical (unpaired) electrons. The van der Waals surface area contributed by atoms with E-state index in [0.29, 0.717) is 23.4 Å². The van der Waals surface area contributed by atoms with Gasteiger partial charge in [-0.2, -0.15) is 5.26 Å². The molecule has 1 atom stereocenters. The molecule has 1 aromatic heterocycles. The maximum absolute atomic E-state index is 9.38. The summed E-state index contributed by atoms with van der Waals surface area (Å²) in [6.45, 7) is 8.58. The lowest BCUT2D eigenvalue weighted by atomic mass is 10.00. The van der Waals surface area contributed by atoms with Gasteiger partial charge in [-0.15, -0.1) is 0 Å². The molecule has 1 unspecified atom stereocenters. The second-order valence-electron chi connectivity index (χ2n) is 8.27. The van der Waals surface area contributed by atoms with Crippen molar-refractivity contribution in [3.63, 3.8) is 0 Å². The molecule has 0 saturated carbocycles. The Morgan fingerprint density at radius 3 is 2.78 bits per heavy atom. The first kappa shape index (κ1) is 21.8. The number of aryl methyl sites for hydroxylation is 1. The number of aliphatic imine (C=N–C) groups is 1. The summed E-state index contributed by atoms with van der Waals surface area (Å²) in [5.74, 6) is 1.75. The zero-order chi connectivity index (χ0) is 22.7. The van der Waals surface area contributed by atoms with E-state index in [0.717, 1.165) is 41.2 Å². The Morgan fingerprint density at radius 1 is 1.22 bits per heavy atom. The number of nitriles is 1. The van der Waals surface area contributed by atoms with Crippen LogP contribution in [0, 0.1) is 24.3 Å². The highest BCUT2D eigenvalue weighted by molar-refractivity contribution is 6.31. The van der Waals surface area contributed by atoms with Gasteiger partial charge >= 0.3 is 0 Å². The minimum Gasteiger partial charge on any atom is -0.351 e. The van der Waals surface area contributed by atoms with Gasteiger partial charge in [0.2, 0.25) is 5.96 Å². The number of hydrogen-bond donors (Lipinski definition) is 1. The number of anilines is 1. The van der Waals surface area contributed by atoms with E-state index >= 15 is 0 Å². The van der Waals surface area contributed by atoms with Gasteiger partial charge in [-0.3, -0.25) is 10.3 Å². The first-order valence-electron chi connectivity index (χ1n) is 10.7. The fourth-order valence-electron chi connectivity index (χ4n) is 4.00. The van der Waals surface area contributed by atoms with Crippen LogP contribution in [0.5, 0.6) is 0 Å². The number of nitrogens with one attached hydrogen (secondary N) is 1. The summed E-state index contributed by atoms with van der Waals surface area (Å²) < 4.78 is 0. The molecule has 164 valence electrons. The van der Waals surface area contributed by atoms with Crippen LogP contribution in [-0.2, 0) is 0 Å². The quantitative estimate of drug-likeness (QED) is 0.275. The molecule has 1 aliphatic rings. The molecule has 1 aliphatic heterocycles. The molecule has 32 heavy (non-hydrogen) atoms. The second kappa shape index (κ2) is 9.41. The third-order valence-electron chi connectivity index (χ3n) is 5.79. The van der Waals surface area contributed by atoms with Gasteiger partial charge in [-0.1, -0.05) is 43.6 Å². The number of rotatable bonds is 3. The first-order valence-corrected chi connectivity index (χ1v) is 11.1. The number of halogens is 1. The van der Waals surface area contributed by atoms with E-state index in [9.17, 15) is 5.26 Å². The van der Waals surface area contributed by atoms with Crippen molar-refractivity contribution >= 4 is 40.1 Å². The average molecular weight is 448 g/mol. The molecule has 1 fully saturated rings. The maximum Gasteiger partial charge on any atom is 0.212 e. The van der Waals surface area contributed by atoms with Gasteiger partial charge in [0.25, 0.3) is 0 Å². The Hall–Kier alpha value is -3.37. The number of para-hydroxylation sites is 1. The number of guanidine groups is 1. The van der Waals surface area contributed by atoms with E-state index in [-0.39, 0.29) is 6.04 Å². The Balaban J connectivity index is 1.63. The van der Waals surface area contributed by atoms with Crippen LogP contribution < -0.4 is 10.2 Å². The van der Waals surface area contributed by atoms with Crippen LogP contribution >= 0.6 is 11.6 Å². The SMILES string of the molecule is Cc1ccccc1N=C(NC#N)N1CCN(c2cnc3ccc(Cl)cc3n2)CC1C(C)C. The number of benzene rings is 2. The topological polar surface area (TPSA) is 80.4 Å². The molecule has 7 nitrogen and oxygen atoms in total. The van der Waals surface area contributed by atoms with Crippen molar-refractivity contribution in [2.75, 3.05) is 24.5 Å². The minimum absolute atomic E-state index is 0.143. The van der Waals surface area contributed by atoms with Crippen LogP contribution in [0.2, 0.25) is 5.02 Å². The predicted molar refractivity (Wildman–Crippen MR) is 129 cm³/mol. The summed E-state index contributed by atoms with van der Waals surface area (Å²) >= 11 is 6.15. The summed E-state index contributed by atoms with van der Waals surface area (Å²) in [6, 6.07) is 13.6. The predicted octanol–water partition coefficient (Wildman–Crippen LogP) is 4.50. The highest BCUT2D eigenvalue weighted by atomic mass is 35.5. The lowest BCUT2D eigenvalue weighted by Gasteiger charge is -2.44. The molecule has 0 spiro atoms. The molecular formula is C24H26ClN7. The van der Waals surface area contributed by atoms with Crippen LogP contribution in [0.1, 0.15) is 19.4 Å². The highest BCUT2D eigenvalue weighted by Crippen LogP contribution is 2.25. The van der Waals surface area contributed by atoms with Crippen LogP contribution in [0.15, 0.2) is 53.7 Å². The average Bonchev–Trinajstić information content (AvgIpc) is 2.79. The Morgan fingerprint density at radius 2 is 2.03 bits per heavy atom. The minimum atomic E-state index is 0.143. The van der Waals surface area contributed by atoms with Gasteiger partial charge < -0.3 is 9.80 Å². The number of piperazine rings is 1. The van der Waals surface area contributed by atoms with Crippen molar-refractivity contribution in [1.29, 1.82) is 5.26 Å². The fourth-order valence-corrected chi connectivity index (χ4v) is 4.16. The van der Waals surface area contributed by atoms with Crippen LogP contribution in [0.3, 0.4) is 0 Å². The molecule has 3 aromatic rings.